The highest BCUT2D eigenvalue weighted by Crippen LogP contribution is 2.30. The minimum Gasteiger partial charge on any atom is -0.493 e. The number of esters is 2. The highest BCUT2D eigenvalue weighted by molar-refractivity contribution is 6.04. The van der Waals surface area contributed by atoms with Crippen molar-refractivity contribution in [3.63, 3.8) is 0 Å². The molecule has 0 saturated heterocycles. The molecule has 0 amide bonds. The van der Waals surface area contributed by atoms with Crippen molar-refractivity contribution in [2.45, 2.75) is 0 Å². The zero-order valence-electron chi connectivity index (χ0n) is 17.2. The average molecular weight is 434 g/mol. The molecule has 0 fully saturated rings. The van der Waals surface area contributed by atoms with Gasteiger partial charge in [-0.15, -0.1) is 0 Å². The van der Waals surface area contributed by atoms with Crippen molar-refractivity contribution >= 4 is 24.5 Å². The van der Waals surface area contributed by atoms with Gasteiger partial charge >= 0.3 is 11.9 Å². The summed E-state index contributed by atoms with van der Waals surface area (Å²) in [5.41, 5.74) is 0.426. The van der Waals surface area contributed by atoms with E-state index in [-0.39, 0.29) is 45.3 Å². The zero-order valence-corrected chi connectivity index (χ0v) is 17.2. The van der Waals surface area contributed by atoms with Gasteiger partial charge in [-0.05, 0) is 48.5 Å². The maximum Gasteiger partial charge on any atom is 0.344 e. The molecule has 0 aliphatic rings. The van der Waals surface area contributed by atoms with Gasteiger partial charge in [0.25, 0.3) is 0 Å². The summed E-state index contributed by atoms with van der Waals surface area (Å²) in [6, 6.07) is 14.6. The lowest BCUT2D eigenvalue weighted by atomic mass is 10.1. The SMILES string of the molecule is COc1ccc(C=O)cc1OC(=O)c1ccccc1C(=O)Oc1cc(C=O)ccc1OC. The molecule has 32 heavy (non-hydrogen) atoms. The van der Waals surface area contributed by atoms with Crippen LogP contribution in [0.2, 0.25) is 0 Å². The topological polar surface area (TPSA) is 105 Å². The van der Waals surface area contributed by atoms with Gasteiger partial charge in [-0.25, -0.2) is 9.59 Å². The average Bonchev–Trinajstić information content (AvgIpc) is 2.83. The van der Waals surface area contributed by atoms with Crippen LogP contribution in [0.15, 0.2) is 60.7 Å². The number of carbonyl (C=O) groups excluding carboxylic acids is 4. The molecule has 0 atom stereocenters. The third-order valence-electron chi connectivity index (χ3n) is 4.42. The Hall–Kier alpha value is -4.46. The van der Waals surface area contributed by atoms with Crippen LogP contribution in [0.25, 0.3) is 0 Å². The Morgan fingerprint density at radius 2 is 1.03 bits per heavy atom. The summed E-state index contributed by atoms with van der Waals surface area (Å²) in [5.74, 6) is -1.20. The maximum atomic E-state index is 12.8. The first kappa shape index (κ1) is 22.2. The first-order chi connectivity index (χ1) is 15.5. The monoisotopic (exact) mass is 434 g/mol. The van der Waals surface area contributed by atoms with Crippen LogP contribution in [-0.2, 0) is 0 Å². The van der Waals surface area contributed by atoms with Gasteiger partial charge in [0.05, 0.1) is 25.3 Å². The van der Waals surface area contributed by atoms with Crippen LogP contribution in [0.4, 0.5) is 0 Å². The fourth-order valence-electron chi connectivity index (χ4n) is 2.84. The van der Waals surface area contributed by atoms with E-state index in [1.165, 1.54) is 62.8 Å². The predicted octanol–water partition coefficient (Wildman–Crippen LogP) is 3.77. The maximum absolute atomic E-state index is 12.8. The number of hydrogen-bond acceptors (Lipinski definition) is 8. The lowest BCUT2D eigenvalue weighted by molar-refractivity contribution is 0.0687. The molecule has 0 heterocycles. The van der Waals surface area contributed by atoms with E-state index < -0.39 is 11.9 Å². The molecule has 8 heteroatoms. The second kappa shape index (κ2) is 10.0. The quantitative estimate of drug-likeness (QED) is 0.300. The standard InChI is InChI=1S/C24H18O8/c1-29-19-9-7-15(13-25)11-21(19)31-23(27)17-5-3-4-6-18(17)24(28)32-22-12-16(14-26)8-10-20(22)30-2/h3-14H,1-2H3. The first-order valence-electron chi connectivity index (χ1n) is 9.30. The highest BCUT2D eigenvalue weighted by Gasteiger charge is 2.22. The zero-order chi connectivity index (χ0) is 23.1. The summed E-state index contributed by atoms with van der Waals surface area (Å²) in [5, 5.41) is 0. The third kappa shape index (κ3) is 4.81. The molecule has 0 aliphatic heterocycles. The number of rotatable bonds is 8. The summed E-state index contributed by atoms with van der Waals surface area (Å²) < 4.78 is 21.1. The van der Waals surface area contributed by atoms with E-state index in [2.05, 4.69) is 0 Å². The van der Waals surface area contributed by atoms with Crippen molar-refractivity contribution < 1.29 is 38.1 Å². The molecule has 0 N–H and O–H groups in total. The van der Waals surface area contributed by atoms with Crippen molar-refractivity contribution in [2.24, 2.45) is 0 Å². The lowest BCUT2D eigenvalue weighted by Crippen LogP contribution is -2.18. The van der Waals surface area contributed by atoms with Gasteiger partial charge in [0.15, 0.2) is 23.0 Å². The molecule has 0 radical (unpaired) electrons. The largest absolute Gasteiger partial charge is 0.493 e. The summed E-state index contributed by atoms with van der Waals surface area (Å²) in [7, 11) is 2.78. The van der Waals surface area contributed by atoms with Gasteiger partial charge in [0.2, 0.25) is 0 Å². The summed E-state index contributed by atoms with van der Waals surface area (Å²) in [6.07, 6.45) is 1.20. The fraction of sp³-hybridized carbons (Fsp3) is 0.0833. The molecule has 3 aromatic rings. The predicted molar refractivity (Wildman–Crippen MR) is 113 cm³/mol. The Kier molecular flexibility index (Phi) is 6.97. The summed E-state index contributed by atoms with van der Waals surface area (Å²) >= 11 is 0. The number of carbonyl (C=O) groups is 4. The number of ether oxygens (including phenoxy) is 4. The third-order valence-corrected chi connectivity index (χ3v) is 4.42. The Morgan fingerprint density at radius 3 is 1.38 bits per heavy atom. The summed E-state index contributed by atoms with van der Waals surface area (Å²) in [4.78, 5) is 47.8. The fourth-order valence-corrected chi connectivity index (χ4v) is 2.84. The van der Waals surface area contributed by atoms with Gasteiger partial charge in [0, 0.05) is 11.1 Å². The molecule has 0 saturated carbocycles. The number of aldehydes is 2. The minimum atomic E-state index is -0.854. The Morgan fingerprint density at radius 1 is 0.625 bits per heavy atom. The van der Waals surface area contributed by atoms with Gasteiger partial charge in [-0.2, -0.15) is 0 Å². The van der Waals surface area contributed by atoms with E-state index in [1.807, 2.05) is 0 Å². The van der Waals surface area contributed by atoms with Crippen molar-refractivity contribution in [3.05, 3.63) is 82.9 Å². The summed E-state index contributed by atoms with van der Waals surface area (Å²) in [6.45, 7) is 0. The smallest absolute Gasteiger partial charge is 0.344 e. The van der Waals surface area contributed by atoms with E-state index in [0.29, 0.717) is 12.6 Å². The van der Waals surface area contributed by atoms with E-state index in [9.17, 15) is 19.2 Å². The van der Waals surface area contributed by atoms with E-state index in [0.717, 1.165) is 0 Å². The van der Waals surface area contributed by atoms with Crippen molar-refractivity contribution in [1.82, 2.24) is 0 Å². The van der Waals surface area contributed by atoms with E-state index in [4.69, 9.17) is 18.9 Å². The lowest BCUT2D eigenvalue weighted by Gasteiger charge is -2.13. The van der Waals surface area contributed by atoms with Gasteiger partial charge in [-0.3, -0.25) is 9.59 Å². The van der Waals surface area contributed by atoms with Crippen LogP contribution in [-0.4, -0.2) is 38.7 Å². The van der Waals surface area contributed by atoms with Crippen molar-refractivity contribution in [3.8, 4) is 23.0 Å². The van der Waals surface area contributed by atoms with Gasteiger partial charge in [0.1, 0.15) is 12.6 Å². The Bertz CT molecular complexity index is 1090. The Labute approximate surface area is 183 Å². The number of hydrogen-bond donors (Lipinski definition) is 0. The second-order valence-electron chi connectivity index (χ2n) is 6.38. The van der Waals surface area contributed by atoms with E-state index in [1.54, 1.807) is 12.1 Å². The molecule has 3 aromatic carbocycles. The van der Waals surface area contributed by atoms with Gasteiger partial charge in [-0.1, -0.05) is 12.1 Å². The van der Waals surface area contributed by atoms with Crippen molar-refractivity contribution in [2.75, 3.05) is 14.2 Å². The minimum absolute atomic E-state index is 0.0191. The molecule has 0 spiro atoms. The van der Waals surface area contributed by atoms with E-state index >= 15 is 0 Å². The molecule has 0 bridgehead atoms. The highest BCUT2D eigenvalue weighted by atomic mass is 16.6. The number of benzene rings is 3. The molecule has 8 nitrogen and oxygen atoms in total. The molecule has 0 aromatic heterocycles. The number of methoxy groups -OCH3 is 2. The first-order valence-corrected chi connectivity index (χ1v) is 9.30. The van der Waals surface area contributed by atoms with Crippen LogP contribution in [0, 0.1) is 0 Å². The molecule has 162 valence electrons. The normalized spacial score (nSPS) is 10.1. The van der Waals surface area contributed by atoms with Crippen molar-refractivity contribution in [1.29, 1.82) is 0 Å². The molecular weight excluding hydrogens is 416 g/mol. The van der Waals surface area contributed by atoms with Crippen LogP contribution in [0.5, 0.6) is 23.0 Å². The van der Waals surface area contributed by atoms with Crippen LogP contribution < -0.4 is 18.9 Å². The molecular formula is C24H18O8. The van der Waals surface area contributed by atoms with Gasteiger partial charge < -0.3 is 18.9 Å². The molecule has 0 unspecified atom stereocenters. The van der Waals surface area contributed by atoms with Crippen LogP contribution >= 0.6 is 0 Å². The Balaban J connectivity index is 1.91. The van der Waals surface area contributed by atoms with Crippen LogP contribution in [0.1, 0.15) is 41.4 Å². The molecule has 3 rings (SSSR count). The van der Waals surface area contributed by atoms with Crippen LogP contribution in [0.3, 0.4) is 0 Å². The second-order valence-corrected chi connectivity index (χ2v) is 6.38. The molecule has 0 aliphatic carbocycles.